The molecule has 0 bridgehead atoms. The number of aryl methyl sites for hydroxylation is 1. The molecule has 2 amide bonds. The van der Waals surface area contributed by atoms with E-state index in [2.05, 4.69) is 10.6 Å². The summed E-state index contributed by atoms with van der Waals surface area (Å²) in [7, 11) is 0. The second-order valence-corrected chi connectivity index (χ2v) is 8.92. The average Bonchev–Trinajstić information content (AvgIpc) is 3.36. The summed E-state index contributed by atoms with van der Waals surface area (Å²) in [6.45, 7) is 2.37. The summed E-state index contributed by atoms with van der Waals surface area (Å²) in [5.74, 6) is -0.190. The second-order valence-electron chi connectivity index (χ2n) is 8.92. The first-order valence-electron chi connectivity index (χ1n) is 12.4. The van der Waals surface area contributed by atoms with Crippen molar-refractivity contribution < 1.29 is 14.0 Å². The largest absolute Gasteiger partial charge is 0.464 e. The first-order chi connectivity index (χ1) is 17.5. The lowest BCUT2D eigenvalue weighted by Crippen LogP contribution is -2.49. The third kappa shape index (κ3) is 8.46. The third-order valence-corrected chi connectivity index (χ3v) is 6.08. The van der Waals surface area contributed by atoms with E-state index in [0.29, 0.717) is 45.7 Å². The van der Waals surface area contributed by atoms with Crippen LogP contribution < -0.4 is 27.8 Å². The van der Waals surface area contributed by atoms with Crippen molar-refractivity contribution in [2.75, 3.05) is 32.7 Å². The highest BCUT2D eigenvalue weighted by Gasteiger charge is 2.21. The van der Waals surface area contributed by atoms with Crippen molar-refractivity contribution in [2.24, 2.45) is 17.2 Å². The number of nitrogens with zero attached hydrogens (tertiary/aromatic N) is 1. The molecular formula is C27H38N6O3. The van der Waals surface area contributed by atoms with Gasteiger partial charge in [-0.15, -0.1) is 0 Å². The van der Waals surface area contributed by atoms with Crippen LogP contribution in [0.1, 0.15) is 24.0 Å². The molecule has 3 rings (SSSR count). The molecule has 2 unspecified atom stereocenters. The van der Waals surface area contributed by atoms with Gasteiger partial charge in [0.25, 0.3) is 0 Å². The highest BCUT2D eigenvalue weighted by Crippen LogP contribution is 2.17. The maximum atomic E-state index is 13.1. The van der Waals surface area contributed by atoms with Crippen LogP contribution >= 0.6 is 0 Å². The molecule has 3 aromatic rings. The van der Waals surface area contributed by atoms with Crippen LogP contribution in [-0.2, 0) is 22.6 Å². The zero-order chi connectivity index (χ0) is 25.8. The van der Waals surface area contributed by atoms with Gasteiger partial charge < -0.3 is 37.2 Å². The molecule has 2 aromatic carbocycles. The van der Waals surface area contributed by atoms with Crippen molar-refractivity contribution in [3.63, 3.8) is 0 Å². The molecule has 1 heterocycles. The van der Waals surface area contributed by atoms with Crippen LogP contribution in [0.2, 0.25) is 0 Å². The van der Waals surface area contributed by atoms with Crippen molar-refractivity contribution in [3.8, 4) is 0 Å². The summed E-state index contributed by atoms with van der Waals surface area (Å²) in [5, 5.41) is 7.31. The Hall–Kier alpha value is -3.24. The molecule has 0 aliphatic heterocycles. The molecule has 0 spiro atoms. The van der Waals surface area contributed by atoms with E-state index < -0.39 is 12.1 Å². The van der Waals surface area contributed by atoms with Crippen molar-refractivity contribution in [1.29, 1.82) is 0 Å². The molecule has 0 saturated heterocycles. The minimum atomic E-state index is -0.451. The van der Waals surface area contributed by atoms with Crippen LogP contribution in [0, 0.1) is 0 Å². The summed E-state index contributed by atoms with van der Waals surface area (Å²) >= 11 is 0. The monoisotopic (exact) mass is 494 g/mol. The standard InChI is InChI=1S/C27H38N6O3/c28-11-13-33(14-12-29)26(34)17-23(30)19-31-24(8-6-20-4-2-1-3-5-20)27(35)32-18-21-7-9-25-22(16-21)10-15-36-25/h1-5,7,9-10,15-16,23-24,31H,6,8,11-14,17-19,28-30H2,(H,32,35). The van der Waals surface area contributed by atoms with Crippen LogP contribution in [0.25, 0.3) is 11.0 Å². The molecule has 9 heteroatoms. The number of benzene rings is 2. The third-order valence-electron chi connectivity index (χ3n) is 6.08. The normalized spacial score (nSPS) is 12.9. The molecular weight excluding hydrogens is 456 g/mol. The number of hydrogen-bond donors (Lipinski definition) is 5. The SMILES string of the molecule is NCCN(CCN)C(=O)CC(N)CNC(CCc1ccccc1)C(=O)NCc1ccc2occc2c1. The highest BCUT2D eigenvalue weighted by atomic mass is 16.3. The van der Waals surface area contributed by atoms with Gasteiger partial charge >= 0.3 is 0 Å². The number of nitrogens with two attached hydrogens (primary N) is 3. The first-order valence-corrected chi connectivity index (χ1v) is 12.4. The van der Waals surface area contributed by atoms with Crippen molar-refractivity contribution in [1.82, 2.24) is 15.5 Å². The summed E-state index contributed by atoms with van der Waals surface area (Å²) in [4.78, 5) is 27.3. The van der Waals surface area contributed by atoms with Gasteiger partial charge in [-0.25, -0.2) is 0 Å². The van der Waals surface area contributed by atoms with E-state index in [-0.39, 0.29) is 18.2 Å². The first kappa shape index (κ1) is 27.3. The van der Waals surface area contributed by atoms with E-state index in [1.807, 2.05) is 54.6 Å². The Bertz CT molecular complexity index is 1080. The predicted molar refractivity (Wildman–Crippen MR) is 142 cm³/mol. The molecule has 0 radical (unpaired) electrons. The van der Waals surface area contributed by atoms with Crippen LogP contribution in [-0.4, -0.2) is 61.5 Å². The second kappa shape index (κ2) is 14.4. The summed E-state index contributed by atoms with van der Waals surface area (Å²) in [5.41, 5.74) is 20.4. The van der Waals surface area contributed by atoms with Crippen molar-refractivity contribution in [2.45, 2.75) is 37.9 Å². The lowest BCUT2D eigenvalue weighted by molar-refractivity contribution is -0.131. The predicted octanol–water partition coefficient (Wildman–Crippen LogP) is 1.10. The zero-order valence-electron chi connectivity index (χ0n) is 20.7. The topological polar surface area (TPSA) is 153 Å². The lowest BCUT2D eigenvalue weighted by atomic mass is 10.0. The number of fused-ring (bicyclic) bond motifs is 1. The van der Waals surface area contributed by atoms with Gasteiger partial charge in [0.1, 0.15) is 5.58 Å². The fourth-order valence-corrected chi connectivity index (χ4v) is 4.11. The van der Waals surface area contributed by atoms with Crippen LogP contribution in [0.4, 0.5) is 0 Å². The quantitative estimate of drug-likeness (QED) is 0.212. The smallest absolute Gasteiger partial charge is 0.237 e. The molecule has 0 saturated carbocycles. The van der Waals surface area contributed by atoms with E-state index in [1.54, 1.807) is 11.2 Å². The maximum Gasteiger partial charge on any atom is 0.237 e. The number of nitrogens with one attached hydrogen (secondary N) is 2. The van der Waals surface area contributed by atoms with Crippen LogP contribution in [0.15, 0.2) is 65.3 Å². The molecule has 194 valence electrons. The van der Waals surface area contributed by atoms with Gasteiger partial charge in [0.15, 0.2) is 0 Å². The molecule has 2 atom stereocenters. The zero-order valence-corrected chi connectivity index (χ0v) is 20.7. The Morgan fingerprint density at radius 3 is 2.44 bits per heavy atom. The van der Waals surface area contributed by atoms with Gasteiger partial charge in [-0.05, 0) is 42.2 Å². The fourth-order valence-electron chi connectivity index (χ4n) is 4.11. The van der Waals surface area contributed by atoms with E-state index >= 15 is 0 Å². The Morgan fingerprint density at radius 1 is 0.972 bits per heavy atom. The van der Waals surface area contributed by atoms with Gasteiger partial charge in [0, 0.05) is 57.1 Å². The molecule has 9 nitrogen and oxygen atoms in total. The van der Waals surface area contributed by atoms with Gasteiger partial charge in [-0.1, -0.05) is 36.4 Å². The van der Waals surface area contributed by atoms with Crippen LogP contribution in [0.3, 0.4) is 0 Å². The van der Waals surface area contributed by atoms with Crippen LogP contribution in [0.5, 0.6) is 0 Å². The Morgan fingerprint density at radius 2 is 1.72 bits per heavy atom. The number of furan rings is 1. The Labute approximate surface area is 212 Å². The van der Waals surface area contributed by atoms with E-state index in [4.69, 9.17) is 21.6 Å². The summed E-state index contributed by atoms with van der Waals surface area (Å²) < 4.78 is 5.39. The average molecular weight is 495 g/mol. The summed E-state index contributed by atoms with van der Waals surface area (Å²) in [6.07, 6.45) is 3.15. The van der Waals surface area contributed by atoms with Gasteiger partial charge in [0.2, 0.25) is 11.8 Å². The number of amides is 2. The molecule has 8 N–H and O–H groups in total. The molecule has 0 aliphatic rings. The molecule has 0 fully saturated rings. The van der Waals surface area contributed by atoms with Crippen molar-refractivity contribution >= 4 is 22.8 Å². The van der Waals surface area contributed by atoms with Gasteiger partial charge in [-0.2, -0.15) is 0 Å². The van der Waals surface area contributed by atoms with Crippen molar-refractivity contribution in [3.05, 3.63) is 72.0 Å². The number of hydrogen-bond acceptors (Lipinski definition) is 7. The van der Waals surface area contributed by atoms with E-state index in [0.717, 1.165) is 28.5 Å². The Balaban J connectivity index is 1.57. The van der Waals surface area contributed by atoms with Gasteiger partial charge in [0.05, 0.1) is 12.3 Å². The molecule has 36 heavy (non-hydrogen) atoms. The highest BCUT2D eigenvalue weighted by molar-refractivity contribution is 5.82. The fraction of sp³-hybridized carbons (Fsp3) is 0.407. The van der Waals surface area contributed by atoms with E-state index in [1.165, 1.54) is 0 Å². The number of carbonyl (C=O) groups is 2. The Kier molecular flexibility index (Phi) is 10.9. The molecule has 0 aliphatic carbocycles. The minimum absolute atomic E-state index is 0.0832. The maximum absolute atomic E-state index is 13.1. The summed E-state index contributed by atoms with van der Waals surface area (Å²) in [6, 6.07) is 16.9. The molecule has 1 aromatic heterocycles. The number of carbonyl (C=O) groups excluding carboxylic acids is 2. The van der Waals surface area contributed by atoms with E-state index in [9.17, 15) is 9.59 Å². The number of rotatable bonds is 15. The minimum Gasteiger partial charge on any atom is -0.464 e. The lowest BCUT2D eigenvalue weighted by Gasteiger charge is -2.24. The van der Waals surface area contributed by atoms with Gasteiger partial charge in [-0.3, -0.25) is 9.59 Å².